The molecular formula is C24H30N2O6S. The molecule has 0 aliphatic heterocycles. The van der Waals surface area contributed by atoms with Gasteiger partial charge in [-0.25, -0.2) is 9.78 Å². The van der Waals surface area contributed by atoms with Crippen LogP contribution in [0.5, 0.6) is 17.2 Å². The summed E-state index contributed by atoms with van der Waals surface area (Å²) in [5.74, 6) is 0.0295. The standard InChI is InChI=1S/C24H30N2O6S/c1-14(2)21(16(4)30-18-10-8-7-9-11-18)32-24(28)15(3)26-23(33)20-22(31-17(5)27)19(29-6)12-13-25-20/h7-16,21H,1-6H3,(H,26,33)/t15-,16+,21-/m0/s1. The Kier molecular flexibility index (Phi) is 9.59. The number of nitrogens with one attached hydrogen (secondary N) is 1. The van der Waals surface area contributed by atoms with Gasteiger partial charge in [0.15, 0.2) is 5.75 Å². The van der Waals surface area contributed by atoms with Gasteiger partial charge in [-0.05, 0) is 31.9 Å². The van der Waals surface area contributed by atoms with Gasteiger partial charge >= 0.3 is 11.9 Å². The van der Waals surface area contributed by atoms with E-state index >= 15 is 0 Å². The highest BCUT2D eigenvalue weighted by atomic mass is 32.1. The predicted octanol–water partition coefficient (Wildman–Crippen LogP) is 3.70. The zero-order valence-electron chi connectivity index (χ0n) is 19.7. The Morgan fingerprint density at radius 3 is 2.30 bits per heavy atom. The van der Waals surface area contributed by atoms with Crippen molar-refractivity contribution in [1.82, 2.24) is 10.3 Å². The number of hydrogen-bond acceptors (Lipinski definition) is 8. The van der Waals surface area contributed by atoms with Crippen LogP contribution in [0.4, 0.5) is 0 Å². The SMILES string of the molecule is COc1ccnc(C(=S)N[C@@H](C)C(=O)O[C@@H](C(C)C)[C@@H](C)Oc2ccccc2)c1OC(C)=O. The minimum absolute atomic E-state index is 0.0161. The number of hydrogen-bond donors (Lipinski definition) is 1. The molecule has 0 bridgehead atoms. The van der Waals surface area contributed by atoms with Crippen molar-refractivity contribution >= 4 is 29.1 Å². The van der Waals surface area contributed by atoms with Crippen LogP contribution < -0.4 is 19.5 Å². The third-order valence-corrected chi connectivity index (χ3v) is 5.00. The second-order valence-electron chi connectivity index (χ2n) is 7.76. The Balaban J connectivity index is 2.09. The van der Waals surface area contributed by atoms with E-state index < -0.39 is 24.1 Å². The van der Waals surface area contributed by atoms with Crippen LogP contribution >= 0.6 is 12.2 Å². The molecule has 3 atom stereocenters. The first-order chi connectivity index (χ1) is 15.6. The number of esters is 2. The van der Waals surface area contributed by atoms with Gasteiger partial charge in [0.25, 0.3) is 0 Å². The summed E-state index contributed by atoms with van der Waals surface area (Å²) < 4.78 is 22.2. The first-order valence-corrected chi connectivity index (χ1v) is 11.0. The Labute approximate surface area is 199 Å². The molecular weight excluding hydrogens is 444 g/mol. The fourth-order valence-electron chi connectivity index (χ4n) is 3.11. The van der Waals surface area contributed by atoms with Gasteiger partial charge in [0.2, 0.25) is 5.75 Å². The normalized spacial score (nSPS) is 13.4. The van der Waals surface area contributed by atoms with Crippen molar-refractivity contribution in [3.05, 3.63) is 48.3 Å². The number of carbonyl (C=O) groups excluding carboxylic acids is 2. The van der Waals surface area contributed by atoms with Crippen molar-refractivity contribution < 1.29 is 28.5 Å². The lowest BCUT2D eigenvalue weighted by Gasteiger charge is -2.29. The van der Waals surface area contributed by atoms with Crippen molar-refractivity contribution in [2.75, 3.05) is 7.11 Å². The summed E-state index contributed by atoms with van der Waals surface area (Å²) in [6.45, 7) is 8.66. The summed E-state index contributed by atoms with van der Waals surface area (Å²) in [5.41, 5.74) is 0.181. The molecule has 8 nitrogen and oxygen atoms in total. The molecule has 2 rings (SSSR count). The van der Waals surface area contributed by atoms with E-state index in [1.165, 1.54) is 20.2 Å². The van der Waals surface area contributed by atoms with E-state index in [0.717, 1.165) is 0 Å². The van der Waals surface area contributed by atoms with E-state index in [1.54, 1.807) is 13.0 Å². The number of ether oxygens (including phenoxy) is 4. The Hall–Kier alpha value is -3.20. The maximum absolute atomic E-state index is 12.8. The van der Waals surface area contributed by atoms with Gasteiger partial charge in [0.1, 0.15) is 34.7 Å². The zero-order chi connectivity index (χ0) is 24.5. The number of rotatable bonds is 10. The van der Waals surface area contributed by atoms with E-state index in [1.807, 2.05) is 51.1 Å². The summed E-state index contributed by atoms with van der Waals surface area (Å²) in [7, 11) is 1.44. The number of benzene rings is 1. The smallest absolute Gasteiger partial charge is 0.328 e. The average molecular weight is 475 g/mol. The highest BCUT2D eigenvalue weighted by molar-refractivity contribution is 7.80. The first-order valence-electron chi connectivity index (χ1n) is 10.6. The predicted molar refractivity (Wildman–Crippen MR) is 128 cm³/mol. The molecule has 0 amide bonds. The molecule has 1 aromatic carbocycles. The van der Waals surface area contributed by atoms with Crippen molar-refractivity contribution in [2.24, 2.45) is 5.92 Å². The van der Waals surface area contributed by atoms with Crippen LogP contribution in [0, 0.1) is 5.92 Å². The Morgan fingerprint density at radius 2 is 1.73 bits per heavy atom. The quantitative estimate of drug-likeness (QED) is 0.408. The molecule has 0 fully saturated rings. The summed E-state index contributed by atoms with van der Waals surface area (Å²) in [6, 6.07) is 10.1. The third-order valence-electron chi connectivity index (χ3n) is 4.69. The summed E-state index contributed by atoms with van der Waals surface area (Å²) in [5, 5.41) is 2.90. The van der Waals surface area contributed by atoms with Gasteiger partial charge in [0.05, 0.1) is 7.11 Å². The molecule has 0 aliphatic rings. The number of aromatic nitrogens is 1. The number of carbonyl (C=O) groups is 2. The van der Waals surface area contributed by atoms with E-state index in [-0.39, 0.29) is 28.5 Å². The largest absolute Gasteiger partial charge is 0.493 e. The number of nitrogens with zero attached hydrogens (tertiary/aromatic N) is 1. The highest BCUT2D eigenvalue weighted by Gasteiger charge is 2.29. The van der Waals surface area contributed by atoms with E-state index in [4.69, 9.17) is 31.2 Å². The number of pyridine rings is 1. The number of methoxy groups -OCH3 is 1. The molecule has 0 saturated carbocycles. The van der Waals surface area contributed by atoms with Crippen LogP contribution in [0.25, 0.3) is 0 Å². The minimum Gasteiger partial charge on any atom is -0.493 e. The van der Waals surface area contributed by atoms with Crippen LogP contribution in [0.2, 0.25) is 0 Å². The van der Waals surface area contributed by atoms with Crippen LogP contribution in [-0.4, -0.2) is 47.3 Å². The van der Waals surface area contributed by atoms with Crippen molar-refractivity contribution in [3.63, 3.8) is 0 Å². The lowest BCUT2D eigenvalue weighted by Crippen LogP contribution is -2.44. The Bertz CT molecular complexity index is 967. The van der Waals surface area contributed by atoms with E-state index in [9.17, 15) is 9.59 Å². The zero-order valence-corrected chi connectivity index (χ0v) is 20.5. The Morgan fingerprint density at radius 1 is 1.06 bits per heavy atom. The molecule has 1 aromatic heterocycles. The summed E-state index contributed by atoms with van der Waals surface area (Å²) >= 11 is 5.41. The van der Waals surface area contributed by atoms with Crippen LogP contribution in [0.3, 0.4) is 0 Å². The number of thiocarbonyl (C=S) groups is 1. The molecule has 0 radical (unpaired) electrons. The molecule has 2 aromatic rings. The minimum atomic E-state index is -0.791. The molecule has 9 heteroatoms. The van der Waals surface area contributed by atoms with Gasteiger partial charge < -0.3 is 24.3 Å². The maximum atomic E-state index is 12.8. The molecule has 0 saturated heterocycles. The van der Waals surface area contributed by atoms with Crippen molar-refractivity contribution in [2.45, 2.75) is 52.9 Å². The molecule has 0 spiro atoms. The average Bonchev–Trinajstić information content (AvgIpc) is 2.77. The fourth-order valence-corrected chi connectivity index (χ4v) is 3.43. The lowest BCUT2D eigenvalue weighted by molar-refractivity contribution is -0.158. The van der Waals surface area contributed by atoms with Gasteiger partial charge in [-0.2, -0.15) is 0 Å². The van der Waals surface area contributed by atoms with Gasteiger partial charge in [0, 0.05) is 19.2 Å². The monoisotopic (exact) mass is 474 g/mol. The second-order valence-corrected chi connectivity index (χ2v) is 8.17. The van der Waals surface area contributed by atoms with Gasteiger partial charge in [-0.15, -0.1) is 0 Å². The molecule has 0 unspecified atom stereocenters. The van der Waals surface area contributed by atoms with Gasteiger partial charge in [-0.3, -0.25) is 4.79 Å². The first kappa shape index (κ1) is 26.1. The third kappa shape index (κ3) is 7.42. The molecule has 1 heterocycles. The van der Waals surface area contributed by atoms with Gasteiger partial charge in [-0.1, -0.05) is 44.3 Å². The second kappa shape index (κ2) is 12.2. The van der Waals surface area contributed by atoms with Crippen molar-refractivity contribution in [1.29, 1.82) is 0 Å². The summed E-state index contributed by atoms with van der Waals surface area (Å²) in [4.78, 5) is 28.6. The molecule has 33 heavy (non-hydrogen) atoms. The molecule has 1 N–H and O–H groups in total. The highest BCUT2D eigenvalue weighted by Crippen LogP contribution is 2.30. The van der Waals surface area contributed by atoms with E-state index in [2.05, 4.69) is 10.3 Å². The summed E-state index contributed by atoms with van der Waals surface area (Å²) in [6.07, 6.45) is 0.614. The maximum Gasteiger partial charge on any atom is 0.328 e. The van der Waals surface area contributed by atoms with Crippen LogP contribution in [-0.2, 0) is 14.3 Å². The van der Waals surface area contributed by atoms with E-state index in [0.29, 0.717) is 11.5 Å². The van der Waals surface area contributed by atoms with Crippen LogP contribution in [0.15, 0.2) is 42.6 Å². The number of para-hydroxylation sites is 1. The topological polar surface area (TPSA) is 96.0 Å². The fraction of sp³-hybridized carbons (Fsp3) is 0.417. The molecule has 178 valence electrons. The lowest BCUT2D eigenvalue weighted by atomic mass is 10.0. The van der Waals surface area contributed by atoms with Crippen molar-refractivity contribution in [3.8, 4) is 17.2 Å². The molecule has 0 aliphatic carbocycles. The van der Waals surface area contributed by atoms with Crippen LogP contribution in [0.1, 0.15) is 40.3 Å².